The first kappa shape index (κ1) is 20.9. The van der Waals surface area contributed by atoms with E-state index in [2.05, 4.69) is 14.9 Å². The SMILES string of the molecule is Cc1ccc(Oc2cc(N3CCN(C(=O)c4cccc5ccccc45)CC3)nc(C)n2)cc1. The Bertz CT molecular complexity index is 1290. The van der Waals surface area contributed by atoms with Gasteiger partial charge in [-0.05, 0) is 42.8 Å². The Balaban J connectivity index is 1.29. The molecule has 5 rings (SSSR count). The highest BCUT2D eigenvalue weighted by atomic mass is 16.5. The minimum absolute atomic E-state index is 0.0775. The number of hydrogen-bond donors (Lipinski definition) is 0. The van der Waals surface area contributed by atoms with Crippen LogP contribution < -0.4 is 9.64 Å². The number of anilines is 1. The number of benzene rings is 3. The van der Waals surface area contributed by atoms with Crippen molar-refractivity contribution in [1.82, 2.24) is 14.9 Å². The molecule has 1 aliphatic heterocycles. The Morgan fingerprint density at radius 1 is 0.848 bits per heavy atom. The fourth-order valence-corrected chi connectivity index (χ4v) is 4.19. The van der Waals surface area contributed by atoms with Gasteiger partial charge in [-0.15, -0.1) is 0 Å². The molecule has 0 bridgehead atoms. The van der Waals surface area contributed by atoms with Crippen molar-refractivity contribution in [2.24, 2.45) is 0 Å². The zero-order chi connectivity index (χ0) is 22.8. The molecule has 0 saturated carbocycles. The third kappa shape index (κ3) is 4.51. The number of ether oxygens (including phenoxy) is 1. The first-order chi connectivity index (χ1) is 16.1. The van der Waals surface area contributed by atoms with Crippen molar-refractivity contribution in [2.75, 3.05) is 31.1 Å². The van der Waals surface area contributed by atoms with Crippen LogP contribution in [0.4, 0.5) is 5.82 Å². The molecule has 1 amide bonds. The molecule has 33 heavy (non-hydrogen) atoms. The Morgan fingerprint density at radius 3 is 2.36 bits per heavy atom. The molecule has 0 atom stereocenters. The Morgan fingerprint density at radius 2 is 1.58 bits per heavy atom. The van der Waals surface area contributed by atoms with Crippen molar-refractivity contribution in [3.63, 3.8) is 0 Å². The zero-order valence-electron chi connectivity index (χ0n) is 18.9. The number of aryl methyl sites for hydroxylation is 2. The summed E-state index contributed by atoms with van der Waals surface area (Å²) >= 11 is 0. The van der Waals surface area contributed by atoms with Crippen molar-refractivity contribution >= 4 is 22.5 Å². The van der Waals surface area contributed by atoms with Crippen LogP contribution in [0.15, 0.2) is 72.8 Å². The maximum atomic E-state index is 13.3. The van der Waals surface area contributed by atoms with Gasteiger partial charge in [0.15, 0.2) is 0 Å². The molecule has 2 heterocycles. The van der Waals surface area contributed by atoms with Crippen LogP contribution >= 0.6 is 0 Å². The summed E-state index contributed by atoms with van der Waals surface area (Å²) in [5.74, 6) is 2.82. The number of aromatic nitrogens is 2. The second-order valence-corrected chi connectivity index (χ2v) is 8.33. The summed E-state index contributed by atoms with van der Waals surface area (Å²) in [4.78, 5) is 26.4. The van der Waals surface area contributed by atoms with Crippen LogP contribution in [0.1, 0.15) is 21.7 Å². The number of rotatable bonds is 4. The van der Waals surface area contributed by atoms with Gasteiger partial charge in [0.2, 0.25) is 5.88 Å². The summed E-state index contributed by atoms with van der Waals surface area (Å²) in [5.41, 5.74) is 1.94. The molecule has 0 aliphatic carbocycles. The van der Waals surface area contributed by atoms with Crippen LogP contribution in [-0.4, -0.2) is 47.0 Å². The Hall–Kier alpha value is -3.93. The van der Waals surface area contributed by atoms with E-state index in [4.69, 9.17) is 4.74 Å². The summed E-state index contributed by atoms with van der Waals surface area (Å²) in [6, 6.07) is 23.7. The van der Waals surface area contributed by atoms with E-state index >= 15 is 0 Å². The lowest BCUT2D eigenvalue weighted by molar-refractivity contribution is 0.0748. The van der Waals surface area contributed by atoms with Crippen LogP contribution in [0.3, 0.4) is 0 Å². The van der Waals surface area contributed by atoms with Crippen molar-refractivity contribution in [3.05, 3.63) is 89.7 Å². The molecular weight excluding hydrogens is 412 g/mol. The number of amides is 1. The van der Waals surface area contributed by atoms with Gasteiger partial charge in [-0.3, -0.25) is 4.79 Å². The van der Waals surface area contributed by atoms with Gasteiger partial charge in [-0.25, -0.2) is 4.98 Å². The Labute approximate surface area is 193 Å². The van der Waals surface area contributed by atoms with Gasteiger partial charge in [0.05, 0.1) is 0 Å². The molecule has 6 nitrogen and oxygen atoms in total. The summed E-state index contributed by atoms with van der Waals surface area (Å²) < 4.78 is 5.96. The van der Waals surface area contributed by atoms with E-state index in [0.717, 1.165) is 27.9 Å². The zero-order valence-corrected chi connectivity index (χ0v) is 18.9. The fourth-order valence-electron chi connectivity index (χ4n) is 4.19. The molecule has 0 radical (unpaired) electrons. The number of nitrogens with zero attached hydrogens (tertiary/aromatic N) is 4. The molecule has 1 fully saturated rings. The van der Waals surface area contributed by atoms with Crippen LogP contribution in [-0.2, 0) is 0 Å². The lowest BCUT2D eigenvalue weighted by Crippen LogP contribution is -2.49. The second-order valence-electron chi connectivity index (χ2n) is 8.33. The number of piperazine rings is 1. The van der Waals surface area contributed by atoms with Crippen LogP contribution in [0, 0.1) is 13.8 Å². The van der Waals surface area contributed by atoms with E-state index in [1.54, 1.807) is 0 Å². The highest BCUT2D eigenvalue weighted by Crippen LogP contribution is 2.25. The normalized spacial score (nSPS) is 13.9. The maximum absolute atomic E-state index is 13.3. The molecule has 6 heteroatoms. The van der Waals surface area contributed by atoms with Crippen LogP contribution in [0.2, 0.25) is 0 Å². The molecule has 1 aromatic heterocycles. The number of fused-ring (bicyclic) bond motifs is 1. The quantitative estimate of drug-likeness (QED) is 0.449. The molecule has 166 valence electrons. The molecule has 1 saturated heterocycles. The van der Waals surface area contributed by atoms with E-state index in [1.807, 2.05) is 91.5 Å². The predicted molar refractivity (Wildman–Crippen MR) is 130 cm³/mol. The predicted octanol–water partition coefficient (Wildman–Crippen LogP) is 5.00. The molecule has 4 aromatic rings. The average molecular weight is 439 g/mol. The highest BCUT2D eigenvalue weighted by Gasteiger charge is 2.24. The van der Waals surface area contributed by atoms with Crippen LogP contribution in [0.5, 0.6) is 11.6 Å². The monoisotopic (exact) mass is 438 g/mol. The van der Waals surface area contributed by atoms with Gasteiger partial charge >= 0.3 is 0 Å². The molecular formula is C27H26N4O2. The first-order valence-electron chi connectivity index (χ1n) is 11.2. The summed E-state index contributed by atoms with van der Waals surface area (Å²) in [6.45, 7) is 6.60. The summed E-state index contributed by atoms with van der Waals surface area (Å²) in [7, 11) is 0. The minimum Gasteiger partial charge on any atom is -0.439 e. The highest BCUT2D eigenvalue weighted by molar-refractivity contribution is 6.07. The lowest BCUT2D eigenvalue weighted by atomic mass is 10.0. The number of hydrogen-bond acceptors (Lipinski definition) is 5. The largest absolute Gasteiger partial charge is 0.439 e. The van der Waals surface area contributed by atoms with Gasteiger partial charge < -0.3 is 14.5 Å². The first-order valence-corrected chi connectivity index (χ1v) is 11.2. The lowest BCUT2D eigenvalue weighted by Gasteiger charge is -2.35. The van der Waals surface area contributed by atoms with Crippen molar-refractivity contribution in [3.8, 4) is 11.6 Å². The van der Waals surface area contributed by atoms with E-state index in [-0.39, 0.29) is 5.91 Å². The smallest absolute Gasteiger partial charge is 0.254 e. The third-order valence-corrected chi connectivity index (χ3v) is 5.96. The molecule has 0 unspecified atom stereocenters. The van der Waals surface area contributed by atoms with E-state index in [1.165, 1.54) is 5.56 Å². The van der Waals surface area contributed by atoms with E-state index in [0.29, 0.717) is 37.9 Å². The van der Waals surface area contributed by atoms with E-state index in [9.17, 15) is 4.79 Å². The van der Waals surface area contributed by atoms with Gasteiger partial charge in [-0.2, -0.15) is 4.98 Å². The topological polar surface area (TPSA) is 58.6 Å². The van der Waals surface area contributed by atoms with Gasteiger partial charge in [0.1, 0.15) is 17.4 Å². The molecule has 0 spiro atoms. The molecule has 1 aliphatic rings. The molecule has 3 aromatic carbocycles. The van der Waals surface area contributed by atoms with Gasteiger partial charge in [0, 0.05) is 37.8 Å². The number of carbonyl (C=O) groups is 1. The maximum Gasteiger partial charge on any atom is 0.254 e. The second kappa shape index (κ2) is 8.90. The van der Waals surface area contributed by atoms with Gasteiger partial charge in [-0.1, -0.05) is 54.1 Å². The summed E-state index contributed by atoms with van der Waals surface area (Å²) in [6.07, 6.45) is 0. The van der Waals surface area contributed by atoms with Gasteiger partial charge in [0.25, 0.3) is 5.91 Å². The standard InChI is InChI=1S/C27H26N4O2/c1-19-10-12-22(13-11-19)33-26-18-25(28-20(2)29-26)30-14-16-31(17-15-30)27(32)24-9-5-7-21-6-3-4-8-23(21)24/h3-13,18H,14-17H2,1-2H3. The van der Waals surface area contributed by atoms with Crippen LogP contribution in [0.25, 0.3) is 10.8 Å². The van der Waals surface area contributed by atoms with Crippen molar-refractivity contribution in [2.45, 2.75) is 13.8 Å². The number of carbonyl (C=O) groups excluding carboxylic acids is 1. The molecule has 0 N–H and O–H groups in total. The third-order valence-electron chi connectivity index (χ3n) is 5.96. The van der Waals surface area contributed by atoms with E-state index < -0.39 is 0 Å². The average Bonchev–Trinajstić information content (AvgIpc) is 2.84. The Kier molecular flexibility index (Phi) is 5.65. The minimum atomic E-state index is 0.0775. The van der Waals surface area contributed by atoms with Crippen molar-refractivity contribution in [1.29, 1.82) is 0 Å². The van der Waals surface area contributed by atoms with Crippen molar-refractivity contribution < 1.29 is 9.53 Å². The fraction of sp³-hybridized carbons (Fsp3) is 0.222. The summed E-state index contributed by atoms with van der Waals surface area (Å²) in [5, 5.41) is 2.08.